The summed E-state index contributed by atoms with van der Waals surface area (Å²) in [5.41, 5.74) is -0.0470. The van der Waals surface area contributed by atoms with Crippen LogP contribution in [-0.2, 0) is 0 Å². The lowest BCUT2D eigenvalue weighted by Crippen LogP contribution is -2.42. The molecule has 2 atom stereocenters. The van der Waals surface area contributed by atoms with Crippen molar-refractivity contribution in [2.75, 3.05) is 0 Å². The first kappa shape index (κ1) is 14.5. The second kappa shape index (κ2) is 6.50. The van der Waals surface area contributed by atoms with Crippen molar-refractivity contribution in [3.8, 4) is 0 Å². The minimum atomic E-state index is -1.13. The van der Waals surface area contributed by atoms with Gasteiger partial charge < -0.3 is 10.4 Å². The molecule has 1 amide bonds. The first-order valence-corrected chi connectivity index (χ1v) is 7.12. The molecule has 20 heavy (non-hydrogen) atoms. The van der Waals surface area contributed by atoms with E-state index >= 15 is 0 Å². The van der Waals surface area contributed by atoms with Gasteiger partial charge in [0.05, 0.1) is 5.56 Å². The molecule has 5 heteroatoms. The van der Waals surface area contributed by atoms with Gasteiger partial charge in [0.25, 0.3) is 5.91 Å². The van der Waals surface area contributed by atoms with Crippen LogP contribution >= 0.6 is 0 Å². The lowest BCUT2D eigenvalue weighted by Gasteiger charge is -2.31. The van der Waals surface area contributed by atoms with Crippen LogP contribution in [0.15, 0.2) is 18.3 Å². The summed E-state index contributed by atoms with van der Waals surface area (Å²) in [6.45, 7) is 2.12. The zero-order chi connectivity index (χ0) is 14.5. The van der Waals surface area contributed by atoms with Gasteiger partial charge in [-0.2, -0.15) is 0 Å². The Hall–Kier alpha value is -1.91. The molecule has 2 unspecified atom stereocenters. The molecular formula is C15H20N2O3. The van der Waals surface area contributed by atoms with E-state index in [1.54, 1.807) is 0 Å². The molecule has 2 N–H and O–H groups in total. The molecule has 0 aromatic carbocycles. The van der Waals surface area contributed by atoms with E-state index in [9.17, 15) is 9.59 Å². The molecule has 0 bridgehead atoms. The van der Waals surface area contributed by atoms with E-state index in [1.807, 2.05) is 0 Å². The van der Waals surface area contributed by atoms with Crippen molar-refractivity contribution in [1.82, 2.24) is 10.3 Å². The average Bonchev–Trinajstić information content (AvgIpc) is 2.47. The number of carboxylic acids is 1. The van der Waals surface area contributed by atoms with Crippen molar-refractivity contribution < 1.29 is 14.7 Å². The normalized spacial score (nSPS) is 22.2. The highest BCUT2D eigenvalue weighted by Gasteiger charge is 2.27. The van der Waals surface area contributed by atoms with E-state index in [2.05, 4.69) is 17.2 Å². The quantitative estimate of drug-likeness (QED) is 0.885. The highest BCUT2D eigenvalue weighted by atomic mass is 16.4. The molecular weight excluding hydrogens is 256 g/mol. The van der Waals surface area contributed by atoms with Crippen LogP contribution in [-0.4, -0.2) is 28.0 Å². The molecule has 0 aliphatic heterocycles. The molecule has 1 aromatic heterocycles. The number of amides is 1. The standard InChI is InChI=1S/C15H20N2O3/c1-2-10-6-3-4-8-12(10)17-14(18)13-11(15(19)20)7-5-9-16-13/h5,7,9-10,12H,2-4,6,8H2,1H3,(H,17,18)(H,19,20). The van der Waals surface area contributed by atoms with Crippen LogP contribution in [0.1, 0.15) is 59.9 Å². The van der Waals surface area contributed by atoms with Crippen molar-refractivity contribution in [1.29, 1.82) is 0 Å². The summed E-state index contributed by atoms with van der Waals surface area (Å²) >= 11 is 0. The zero-order valence-electron chi connectivity index (χ0n) is 11.6. The first-order chi connectivity index (χ1) is 9.63. The van der Waals surface area contributed by atoms with Gasteiger partial charge in [0.2, 0.25) is 0 Å². The summed E-state index contributed by atoms with van der Waals surface area (Å²) in [5, 5.41) is 12.1. The van der Waals surface area contributed by atoms with Gasteiger partial charge in [-0.25, -0.2) is 4.79 Å². The SMILES string of the molecule is CCC1CCCCC1NC(=O)c1ncccc1C(=O)O. The van der Waals surface area contributed by atoms with Crippen molar-refractivity contribution in [2.24, 2.45) is 5.92 Å². The molecule has 1 aromatic rings. The van der Waals surface area contributed by atoms with E-state index in [1.165, 1.54) is 24.8 Å². The Balaban J connectivity index is 2.13. The summed E-state index contributed by atoms with van der Waals surface area (Å²) in [6.07, 6.45) is 6.86. The molecule has 108 valence electrons. The smallest absolute Gasteiger partial charge is 0.338 e. The van der Waals surface area contributed by atoms with Gasteiger partial charge >= 0.3 is 5.97 Å². The molecule has 5 nitrogen and oxygen atoms in total. The molecule has 2 rings (SSSR count). The highest BCUT2D eigenvalue weighted by Crippen LogP contribution is 2.27. The molecule has 0 spiro atoms. The van der Waals surface area contributed by atoms with Gasteiger partial charge in [0.15, 0.2) is 0 Å². The number of hydrogen-bond donors (Lipinski definition) is 2. The van der Waals surface area contributed by atoms with Crippen LogP contribution in [0.5, 0.6) is 0 Å². The highest BCUT2D eigenvalue weighted by molar-refractivity contribution is 6.03. The number of carbonyl (C=O) groups is 2. The fraction of sp³-hybridized carbons (Fsp3) is 0.533. The van der Waals surface area contributed by atoms with Crippen LogP contribution in [0.4, 0.5) is 0 Å². The number of nitrogens with zero attached hydrogens (tertiary/aromatic N) is 1. The van der Waals surface area contributed by atoms with Crippen molar-refractivity contribution in [2.45, 2.75) is 45.1 Å². The number of rotatable bonds is 4. The third kappa shape index (κ3) is 3.15. The zero-order valence-corrected chi connectivity index (χ0v) is 11.6. The fourth-order valence-corrected chi connectivity index (χ4v) is 2.88. The number of hydrogen-bond acceptors (Lipinski definition) is 3. The largest absolute Gasteiger partial charge is 0.478 e. The predicted octanol–water partition coefficient (Wildman–Crippen LogP) is 2.48. The van der Waals surface area contributed by atoms with Gasteiger partial charge in [-0.1, -0.05) is 26.2 Å². The maximum absolute atomic E-state index is 12.3. The Morgan fingerprint density at radius 3 is 2.85 bits per heavy atom. The summed E-state index contributed by atoms with van der Waals surface area (Å²) in [7, 11) is 0. The third-order valence-electron chi connectivity index (χ3n) is 4.00. The number of nitrogens with one attached hydrogen (secondary N) is 1. The van der Waals surface area contributed by atoms with Crippen LogP contribution in [0.25, 0.3) is 0 Å². The van der Waals surface area contributed by atoms with E-state index in [-0.39, 0.29) is 23.2 Å². The second-order valence-corrected chi connectivity index (χ2v) is 5.24. The maximum atomic E-state index is 12.3. The van der Waals surface area contributed by atoms with Gasteiger partial charge in [-0.3, -0.25) is 9.78 Å². The summed E-state index contributed by atoms with van der Waals surface area (Å²) < 4.78 is 0. The number of aromatic nitrogens is 1. The van der Waals surface area contributed by atoms with Crippen molar-refractivity contribution in [3.05, 3.63) is 29.6 Å². The molecule has 1 fully saturated rings. The van der Waals surface area contributed by atoms with Gasteiger partial charge in [0.1, 0.15) is 5.69 Å². The van der Waals surface area contributed by atoms with Crippen LogP contribution in [0, 0.1) is 5.92 Å². The molecule has 1 aliphatic rings. The monoisotopic (exact) mass is 276 g/mol. The molecule has 1 aliphatic carbocycles. The number of carboxylic acid groups (broad SMARTS) is 1. The predicted molar refractivity (Wildman–Crippen MR) is 74.7 cm³/mol. The van der Waals surface area contributed by atoms with E-state index in [0.29, 0.717) is 5.92 Å². The summed E-state index contributed by atoms with van der Waals surface area (Å²) in [6, 6.07) is 3.06. The van der Waals surface area contributed by atoms with E-state index < -0.39 is 5.97 Å². The Morgan fingerprint density at radius 2 is 2.15 bits per heavy atom. The Kier molecular flexibility index (Phi) is 4.71. The Morgan fingerprint density at radius 1 is 1.40 bits per heavy atom. The van der Waals surface area contributed by atoms with Crippen LogP contribution in [0.2, 0.25) is 0 Å². The van der Waals surface area contributed by atoms with Gasteiger partial charge in [-0.15, -0.1) is 0 Å². The van der Waals surface area contributed by atoms with Crippen molar-refractivity contribution in [3.63, 3.8) is 0 Å². The Labute approximate surface area is 118 Å². The minimum absolute atomic E-state index is 0.000395. The van der Waals surface area contributed by atoms with Crippen LogP contribution in [0.3, 0.4) is 0 Å². The second-order valence-electron chi connectivity index (χ2n) is 5.24. The topological polar surface area (TPSA) is 79.3 Å². The fourth-order valence-electron chi connectivity index (χ4n) is 2.88. The average molecular weight is 276 g/mol. The van der Waals surface area contributed by atoms with Crippen LogP contribution < -0.4 is 5.32 Å². The van der Waals surface area contributed by atoms with Gasteiger partial charge in [0, 0.05) is 12.2 Å². The lowest BCUT2D eigenvalue weighted by atomic mass is 9.83. The minimum Gasteiger partial charge on any atom is -0.478 e. The third-order valence-corrected chi connectivity index (χ3v) is 4.00. The maximum Gasteiger partial charge on any atom is 0.338 e. The summed E-state index contributed by atoms with van der Waals surface area (Å²) in [4.78, 5) is 27.3. The lowest BCUT2D eigenvalue weighted by molar-refractivity contribution is 0.0688. The first-order valence-electron chi connectivity index (χ1n) is 7.12. The number of pyridine rings is 1. The Bertz CT molecular complexity index is 502. The van der Waals surface area contributed by atoms with E-state index in [0.717, 1.165) is 25.7 Å². The van der Waals surface area contributed by atoms with Gasteiger partial charge in [-0.05, 0) is 30.9 Å². The van der Waals surface area contributed by atoms with E-state index in [4.69, 9.17) is 5.11 Å². The number of aromatic carboxylic acids is 1. The molecule has 1 heterocycles. The molecule has 0 radical (unpaired) electrons. The summed E-state index contributed by atoms with van der Waals surface area (Å²) in [5.74, 6) is -1.03. The molecule has 1 saturated carbocycles. The van der Waals surface area contributed by atoms with Crippen molar-refractivity contribution >= 4 is 11.9 Å². The molecule has 0 saturated heterocycles. The number of carbonyl (C=O) groups excluding carboxylic acids is 1.